The van der Waals surface area contributed by atoms with Gasteiger partial charge in [0.25, 0.3) is 11.7 Å². The van der Waals surface area contributed by atoms with E-state index in [1.807, 2.05) is 0 Å². The van der Waals surface area contributed by atoms with Crippen molar-refractivity contribution in [2.75, 3.05) is 39.3 Å². The number of aromatic nitrogens is 1. The van der Waals surface area contributed by atoms with E-state index < -0.39 is 23.4 Å². The Hall–Kier alpha value is -2.14. The summed E-state index contributed by atoms with van der Waals surface area (Å²) in [6.07, 6.45) is 3.89. The Morgan fingerprint density at radius 1 is 1.02 bits per heavy atom. The van der Waals surface area contributed by atoms with Gasteiger partial charge in [-0.15, -0.1) is 0 Å². The molecule has 1 atom stereocenters. The Bertz CT molecular complexity index is 1140. The standard InChI is InChI=1S/C32H49F3N4O4/c1-21(2)19-25-28(41)38(20-23-5-7-24(40)8-6-23)16-11-31(25)12-17-39(18-13-31)30(4)9-14-37(15-10-30)29(42)26-22(3)36-43-27(26)32(33,34)35/h21,23-25,40H,5-20H2,1-4H3/t23?,24?,25-/m1/s1. The molecule has 43 heavy (non-hydrogen) atoms. The number of aliphatic hydroxyl groups is 1. The van der Waals surface area contributed by atoms with Crippen molar-refractivity contribution in [3.8, 4) is 0 Å². The maximum Gasteiger partial charge on any atom is 0.453 e. The number of likely N-dealkylation sites (tertiary alicyclic amines) is 3. The van der Waals surface area contributed by atoms with Crippen LogP contribution in [0.5, 0.6) is 0 Å². The lowest BCUT2D eigenvalue weighted by Gasteiger charge is -2.56. The Balaban J connectivity index is 1.20. The van der Waals surface area contributed by atoms with Gasteiger partial charge in [-0.3, -0.25) is 14.5 Å². The molecule has 1 spiro atoms. The van der Waals surface area contributed by atoms with Crippen LogP contribution in [-0.4, -0.2) is 87.7 Å². The summed E-state index contributed by atoms with van der Waals surface area (Å²) in [5.41, 5.74) is -0.673. The van der Waals surface area contributed by atoms with E-state index in [4.69, 9.17) is 0 Å². The zero-order chi connectivity index (χ0) is 31.2. The van der Waals surface area contributed by atoms with Crippen LogP contribution in [0.1, 0.15) is 107 Å². The number of aryl methyl sites for hydroxylation is 1. The summed E-state index contributed by atoms with van der Waals surface area (Å²) in [7, 11) is 0. The van der Waals surface area contributed by atoms with E-state index in [-0.39, 0.29) is 28.7 Å². The first-order valence-electron chi connectivity index (χ1n) is 16.3. The van der Waals surface area contributed by atoms with Crippen LogP contribution in [0, 0.1) is 30.1 Å². The fourth-order valence-corrected chi connectivity index (χ4v) is 8.34. The van der Waals surface area contributed by atoms with Crippen molar-refractivity contribution in [2.24, 2.45) is 23.2 Å². The van der Waals surface area contributed by atoms with Gasteiger partial charge in [-0.25, -0.2) is 0 Å². The summed E-state index contributed by atoms with van der Waals surface area (Å²) in [5, 5.41) is 13.3. The van der Waals surface area contributed by atoms with Gasteiger partial charge < -0.3 is 19.4 Å². The van der Waals surface area contributed by atoms with Crippen LogP contribution in [-0.2, 0) is 11.0 Å². The molecule has 242 valence electrons. The van der Waals surface area contributed by atoms with Gasteiger partial charge in [0.1, 0.15) is 5.56 Å². The van der Waals surface area contributed by atoms with Gasteiger partial charge in [0.2, 0.25) is 5.91 Å². The molecule has 1 aromatic rings. The molecule has 8 nitrogen and oxygen atoms in total. The second-order valence-electron chi connectivity index (χ2n) is 14.5. The molecule has 4 fully saturated rings. The molecule has 1 aliphatic carbocycles. The normalized spacial score (nSPS) is 28.6. The number of halogens is 3. The van der Waals surface area contributed by atoms with Gasteiger partial charge >= 0.3 is 6.18 Å². The van der Waals surface area contributed by atoms with Crippen molar-refractivity contribution in [1.29, 1.82) is 0 Å². The van der Waals surface area contributed by atoms with Crippen molar-refractivity contribution < 1.29 is 32.4 Å². The third-order valence-corrected chi connectivity index (χ3v) is 11.2. The number of alkyl halides is 3. The Morgan fingerprint density at radius 3 is 2.21 bits per heavy atom. The number of carbonyl (C=O) groups excluding carboxylic acids is 2. The number of hydrogen-bond acceptors (Lipinski definition) is 6. The fraction of sp³-hybridized carbons (Fsp3) is 0.844. The first-order chi connectivity index (χ1) is 20.2. The number of amides is 2. The van der Waals surface area contributed by atoms with E-state index in [1.54, 1.807) is 0 Å². The monoisotopic (exact) mass is 610 g/mol. The Labute approximate surface area is 253 Å². The van der Waals surface area contributed by atoms with Crippen molar-refractivity contribution >= 4 is 11.8 Å². The van der Waals surface area contributed by atoms with Crippen LogP contribution < -0.4 is 0 Å². The first kappa shape index (κ1) is 32.3. The molecular weight excluding hydrogens is 561 g/mol. The molecule has 0 unspecified atom stereocenters. The van der Waals surface area contributed by atoms with E-state index in [9.17, 15) is 27.9 Å². The number of aliphatic hydroxyl groups excluding tert-OH is 1. The molecule has 2 amide bonds. The van der Waals surface area contributed by atoms with E-state index >= 15 is 0 Å². The number of rotatable bonds is 6. The molecule has 1 saturated carbocycles. The van der Waals surface area contributed by atoms with Gasteiger partial charge in [-0.2, -0.15) is 13.2 Å². The smallest absolute Gasteiger partial charge is 0.393 e. The molecule has 11 heteroatoms. The molecule has 4 heterocycles. The molecule has 5 rings (SSSR count). The van der Waals surface area contributed by atoms with Gasteiger partial charge in [0.05, 0.1) is 11.8 Å². The molecule has 4 aliphatic rings. The molecule has 3 saturated heterocycles. The highest BCUT2D eigenvalue weighted by molar-refractivity contribution is 5.96. The maximum absolute atomic E-state index is 14.0. The Kier molecular flexibility index (Phi) is 9.25. The largest absolute Gasteiger partial charge is 0.453 e. The van der Waals surface area contributed by atoms with E-state index in [2.05, 4.69) is 40.3 Å². The summed E-state index contributed by atoms with van der Waals surface area (Å²) in [6, 6.07) is 0. The molecule has 0 aromatic carbocycles. The van der Waals surface area contributed by atoms with Crippen LogP contribution >= 0.6 is 0 Å². The lowest BCUT2D eigenvalue weighted by Crippen LogP contribution is -2.61. The maximum atomic E-state index is 14.0. The third kappa shape index (κ3) is 6.63. The number of carbonyl (C=O) groups is 2. The lowest BCUT2D eigenvalue weighted by molar-refractivity contribution is -0.156. The number of hydrogen-bond donors (Lipinski definition) is 1. The minimum absolute atomic E-state index is 0.00391. The number of nitrogens with zero attached hydrogens (tertiary/aromatic N) is 4. The highest BCUT2D eigenvalue weighted by atomic mass is 19.4. The van der Waals surface area contributed by atoms with E-state index in [0.717, 1.165) is 77.5 Å². The average Bonchev–Trinajstić information content (AvgIpc) is 3.36. The minimum Gasteiger partial charge on any atom is -0.393 e. The Morgan fingerprint density at radius 2 is 1.63 bits per heavy atom. The zero-order valence-electron chi connectivity index (χ0n) is 26.2. The van der Waals surface area contributed by atoms with E-state index in [0.29, 0.717) is 43.7 Å². The fourth-order valence-electron chi connectivity index (χ4n) is 8.34. The number of piperidine rings is 3. The van der Waals surface area contributed by atoms with Crippen molar-refractivity contribution in [3.63, 3.8) is 0 Å². The predicted octanol–water partition coefficient (Wildman–Crippen LogP) is 5.52. The van der Waals surface area contributed by atoms with Crippen LogP contribution in [0.15, 0.2) is 4.52 Å². The third-order valence-electron chi connectivity index (χ3n) is 11.2. The van der Waals surface area contributed by atoms with Crippen molar-refractivity contribution in [1.82, 2.24) is 19.9 Å². The molecule has 0 bridgehead atoms. The van der Waals surface area contributed by atoms with E-state index in [1.165, 1.54) is 11.8 Å². The van der Waals surface area contributed by atoms with Crippen molar-refractivity contribution in [2.45, 2.75) is 110 Å². The topological polar surface area (TPSA) is 90.1 Å². The summed E-state index contributed by atoms with van der Waals surface area (Å²) in [6.45, 7) is 12.1. The predicted molar refractivity (Wildman–Crippen MR) is 155 cm³/mol. The van der Waals surface area contributed by atoms with Gasteiger partial charge in [0, 0.05) is 37.6 Å². The molecule has 1 aromatic heterocycles. The molecular formula is C32H49F3N4O4. The summed E-state index contributed by atoms with van der Waals surface area (Å²) < 4.78 is 44.8. The van der Waals surface area contributed by atoms with Gasteiger partial charge in [-0.1, -0.05) is 19.0 Å². The highest BCUT2D eigenvalue weighted by Gasteiger charge is 2.51. The SMILES string of the molecule is Cc1noc(C(F)(F)F)c1C(=O)N1CCC(C)(N2CCC3(CCN(CC4CCC(O)CC4)C(=O)[C@H]3CC(C)C)CC2)CC1. The summed E-state index contributed by atoms with van der Waals surface area (Å²) in [4.78, 5) is 33.2. The van der Waals surface area contributed by atoms with Crippen LogP contribution in [0.4, 0.5) is 13.2 Å². The average molecular weight is 611 g/mol. The minimum atomic E-state index is -4.77. The second kappa shape index (κ2) is 12.3. The highest BCUT2D eigenvalue weighted by Crippen LogP contribution is 2.50. The summed E-state index contributed by atoms with van der Waals surface area (Å²) >= 11 is 0. The second-order valence-corrected chi connectivity index (χ2v) is 14.5. The van der Waals surface area contributed by atoms with Crippen LogP contribution in [0.2, 0.25) is 0 Å². The summed E-state index contributed by atoms with van der Waals surface area (Å²) in [5.74, 6) is -0.732. The van der Waals surface area contributed by atoms with Gasteiger partial charge in [0.15, 0.2) is 0 Å². The molecule has 3 aliphatic heterocycles. The van der Waals surface area contributed by atoms with Crippen LogP contribution in [0.25, 0.3) is 0 Å². The van der Waals surface area contributed by atoms with Gasteiger partial charge in [-0.05, 0) is 108 Å². The first-order valence-corrected chi connectivity index (χ1v) is 16.3. The zero-order valence-corrected chi connectivity index (χ0v) is 26.2. The quantitative estimate of drug-likeness (QED) is 0.456. The molecule has 1 N–H and O–H groups in total. The molecule has 0 radical (unpaired) electrons. The van der Waals surface area contributed by atoms with Crippen LogP contribution in [0.3, 0.4) is 0 Å². The lowest BCUT2D eigenvalue weighted by atomic mass is 9.61. The van der Waals surface area contributed by atoms with Crippen molar-refractivity contribution in [3.05, 3.63) is 17.0 Å².